The molecule has 1 rings (SSSR count). The van der Waals surface area contributed by atoms with Crippen molar-refractivity contribution in [2.24, 2.45) is 0 Å². The van der Waals surface area contributed by atoms with Gasteiger partial charge in [0.15, 0.2) is 0 Å². The molecule has 0 N–H and O–H groups in total. The first-order valence-corrected chi connectivity index (χ1v) is 4.77. The highest BCUT2D eigenvalue weighted by Crippen LogP contribution is 2.15. The molecule has 0 radical (unpaired) electrons. The summed E-state index contributed by atoms with van der Waals surface area (Å²) in [6.07, 6.45) is 0. The van der Waals surface area contributed by atoms with Gasteiger partial charge < -0.3 is 13.9 Å². The maximum atomic E-state index is 11.1. The third kappa shape index (κ3) is 2.77. The Hall–Kier alpha value is -0.970. The van der Waals surface area contributed by atoms with Gasteiger partial charge in [-0.05, 0) is 6.07 Å². The van der Waals surface area contributed by atoms with E-state index in [2.05, 4.69) is 15.9 Å². The predicted molar refractivity (Wildman–Crippen MR) is 49.3 cm³/mol. The summed E-state index contributed by atoms with van der Waals surface area (Å²) in [5, 5.41) is 0.608. The van der Waals surface area contributed by atoms with Crippen molar-refractivity contribution in [2.75, 3.05) is 19.0 Å². The van der Waals surface area contributed by atoms with E-state index in [1.54, 1.807) is 6.07 Å². The summed E-state index contributed by atoms with van der Waals surface area (Å²) in [5.74, 6) is -0.0358. The highest BCUT2D eigenvalue weighted by molar-refractivity contribution is 9.09. The van der Waals surface area contributed by atoms with Crippen LogP contribution in [-0.4, -0.2) is 25.0 Å². The molecule has 0 saturated carbocycles. The van der Waals surface area contributed by atoms with Crippen molar-refractivity contribution in [2.45, 2.75) is 0 Å². The molecule has 0 amide bonds. The summed E-state index contributed by atoms with van der Waals surface area (Å²) < 4.78 is 14.5. The zero-order chi connectivity index (χ0) is 9.68. The van der Waals surface area contributed by atoms with Crippen LogP contribution in [-0.2, 0) is 4.74 Å². The van der Waals surface area contributed by atoms with E-state index in [1.807, 2.05) is 0 Å². The highest BCUT2D eigenvalue weighted by Gasteiger charge is 2.12. The fraction of sp³-hybridized carbons (Fsp3) is 0.375. The minimum absolute atomic E-state index is 0.151. The Kier molecular flexibility index (Phi) is 3.82. The van der Waals surface area contributed by atoms with E-state index in [1.165, 1.54) is 13.2 Å². The maximum Gasteiger partial charge on any atom is 0.374 e. The van der Waals surface area contributed by atoms with E-state index < -0.39 is 5.97 Å². The highest BCUT2D eigenvalue weighted by atomic mass is 79.9. The predicted octanol–water partition coefficient (Wildman–Crippen LogP) is 1.84. The molecule has 4 nitrogen and oxygen atoms in total. The van der Waals surface area contributed by atoms with Gasteiger partial charge in [0.05, 0.1) is 7.11 Å². The van der Waals surface area contributed by atoms with Gasteiger partial charge in [-0.3, -0.25) is 0 Å². The minimum Gasteiger partial charge on any atom is -0.468 e. The molecule has 0 aliphatic rings. The third-order valence-corrected chi connectivity index (χ3v) is 1.62. The van der Waals surface area contributed by atoms with Crippen LogP contribution in [0, 0.1) is 0 Å². The molecule has 1 heterocycles. The SMILES string of the molecule is COc1ccc(C(=O)OCCBr)o1. The monoisotopic (exact) mass is 248 g/mol. The van der Waals surface area contributed by atoms with Crippen molar-refractivity contribution in [1.82, 2.24) is 0 Å². The van der Waals surface area contributed by atoms with E-state index in [0.29, 0.717) is 17.9 Å². The van der Waals surface area contributed by atoms with Crippen LogP contribution >= 0.6 is 15.9 Å². The number of ether oxygens (including phenoxy) is 2. The second-order valence-corrected chi connectivity index (χ2v) is 2.94. The number of carbonyl (C=O) groups is 1. The van der Waals surface area contributed by atoms with Gasteiger partial charge >= 0.3 is 5.97 Å². The maximum absolute atomic E-state index is 11.1. The second kappa shape index (κ2) is 4.91. The van der Waals surface area contributed by atoms with Gasteiger partial charge in [-0.15, -0.1) is 0 Å². The zero-order valence-electron chi connectivity index (χ0n) is 7.08. The van der Waals surface area contributed by atoms with Gasteiger partial charge in [0, 0.05) is 11.4 Å². The number of esters is 1. The molecule has 1 aromatic heterocycles. The van der Waals surface area contributed by atoms with Crippen molar-refractivity contribution in [3.8, 4) is 5.95 Å². The molecule has 0 fully saturated rings. The van der Waals surface area contributed by atoms with Gasteiger partial charge in [-0.1, -0.05) is 15.9 Å². The lowest BCUT2D eigenvalue weighted by Gasteiger charge is -1.98. The summed E-state index contributed by atoms with van der Waals surface area (Å²) in [6, 6.07) is 3.07. The number of rotatable bonds is 4. The van der Waals surface area contributed by atoms with Crippen molar-refractivity contribution in [3.05, 3.63) is 17.9 Å². The standard InChI is InChI=1S/C8H9BrO4/c1-11-7-3-2-6(13-7)8(10)12-5-4-9/h2-3H,4-5H2,1H3. The number of methoxy groups -OCH3 is 1. The van der Waals surface area contributed by atoms with Gasteiger partial charge in [-0.25, -0.2) is 4.79 Å². The molecule has 1 aromatic rings. The van der Waals surface area contributed by atoms with Crippen LogP contribution in [0.25, 0.3) is 0 Å². The average molecular weight is 249 g/mol. The Morgan fingerprint density at radius 2 is 2.38 bits per heavy atom. The molecule has 5 heteroatoms. The lowest BCUT2D eigenvalue weighted by Crippen LogP contribution is -2.05. The summed E-state index contributed by atoms with van der Waals surface area (Å²) in [4.78, 5) is 11.1. The minimum atomic E-state index is -0.484. The lowest BCUT2D eigenvalue weighted by molar-refractivity contribution is 0.0489. The molecule has 0 atom stereocenters. The molecule has 0 saturated heterocycles. The van der Waals surface area contributed by atoms with Gasteiger partial charge in [-0.2, -0.15) is 0 Å². The quantitative estimate of drug-likeness (QED) is 0.603. The Bertz CT molecular complexity index is 281. The molecule has 0 spiro atoms. The summed E-state index contributed by atoms with van der Waals surface area (Å²) in [5.41, 5.74) is 0. The third-order valence-electron chi connectivity index (χ3n) is 1.29. The van der Waals surface area contributed by atoms with Gasteiger partial charge in [0.2, 0.25) is 5.76 Å². The van der Waals surface area contributed by atoms with E-state index in [4.69, 9.17) is 13.9 Å². The smallest absolute Gasteiger partial charge is 0.374 e. The Labute approximate surface area is 83.9 Å². The topological polar surface area (TPSA) is 48.7 Å². The molecule has 0 aliphatic carbocycles. The van der Waals surface area contributed by atoms with Crippen LogP contribution in [0.15, 0.2) is 16.5 Å². The first kappa shape index (κ1) is 10.1. The number of alkyl halides is 1. The molecule has 0 bridgehead atoms. The number of halogens is 1. The van der Waals surface area contributed by atoms with Crippen molar-refractivity contribution in [3.63, 3.8) is 0 Å². The van der Waals surface area contributed by atoms with Crippen molar-refractivity contribution in [1.29, 1.82) is 0 Å². The Morgan fingerprint density at radius 3 is 2.92 bits per heavy atom. The van der Waals surface area contributed by atoms with Crippen LogP contribution in [0.1, 0.15) is 10.6 Å². The summed E-state index contributed by atoms with van der Waals surface area (Å²) >= 11 is 3.14. The fourth-order valence-corrected chi connectivity index (χ4v) is 0.904. The summed E-state index contributed by atoms with van der Waals surface area (Å²) in [7, 11) is 1.46. The lowest BCUT2D eigenvalue weighted by atomic mass is 10.4. The number of furan rings is 1. The zero-order valence-corrected chi connectivity index (χ0v) is 8.67. The molecular formula is C8H9BrO4. The average Bonchev–Trinajstić information content (AvgIpc) is 2.62. The molecular weight excluding hydrogens is 240 g/mol. The summed E-state index contributed by atoms with van der Waals surface area (Å²) in [6.45, 7) is 0.321. The van der Waals surface area contributed by atoms with Crippen LogP contribution in [0.2, 0.25) is 0 Å². The molecule has 0 aliphatic heterocycles. The Morgan fingerprint density at radius 1 is 1.62 bits per heavy atom. The van der Waals surface area contributed by atoms with E-state index in [-0.39, 0.29) is 5.76 Å². The number of hydrogen-bond acceptors (Lipinski definition) is 4. The Balaban J connectivity index is 2.55. The van der Waals surface area contributed by atoms with Gasteiger partial charge in [0.25, 0.3) is 5.95 Å². The van der Waals surface area contributed by atoms with E-state index in [9.17, 15) is 4.79 Å². The molecule has 0 aromatic carbocycles. The first-order chi connectivity index (χ1) is 6.27. The second-order valence-electron chi connectivity index (χ2n) is 2.15. The fourth-order valence-electron chi connectivity index (χ4n) is 0.742. The largest absolute Gasteiger partial charge is 0.468 e. The first-order valence-electron chi connectivity index (χ1n) is 3.65. The normalized spacial score (nSPS) is 9.69. The van der Waals surface area contributed by atoms with Crippen LogP contribution in [0.5, 0.6) is 5.95 Å². The van der Waals surface area contributed by atoms with Crippen LogP contribution < -0.4 is 4.74 Å². The van der Waals surface area contributed by atoms with Crippen LogP contribution in [0.4, 0.5) is 0 Å². The molecule has 13 heavy (non-hydrogen) atoms. The van der Waals surface area contributed by atoms with Crippen LogP contribution in [0.3, 0.4) is 0 Å². The van der Waals surface area contributed by atoms with E-state index >= 15 is 0 Å². The number of hydrogen-bond donors (Lipinski definition) is 0. The van der Waals surface area contributed by atoms with E-state index in [0.717, 1.165) is 0 Å². The molecule has 72 valence electrons. The number of carbonyl (C=O) groups excluding carboxylic acids is 1. The molecule has 0 unspecified atom stereocenters. The van der Waals surface area contributed by atoms with Gasteiger partial charge in [0.1, 0.15) is 6.61 Å². The van der Waals surface area contributed by atoms with Crippen molar-refractivity contribution < 1.29 is 18.7 Å². The van der Waals surface area contributed by atoms with Crippen molar-refractivity contribution >= 4 is 21.9 Å².